The predicted octanol–water partition coefficient (Wildman–Crippen LogP) is 1.41. The average molecular weight is 220 g/mol. The van der Waals surface area contributed by atoms with Crippen molar-refractivity contribution in [3.63, 3.8) is 0 Å². The maximum absolute atomic E-state index is 11.5. The van der Waals surface area contributed by atoms with E-state index in [0.717, 1.165) is 0 Å². The fraction of sp³-hybridized carbons (Fsp3) is 0.333. The molecule has 84 valence electrons. The minimum absolute atomic E-state index is 0.104. The monoisotopic (exact) mass is 220 g/mol. The number of esters is 2. The summed E-state index contributed by atoms with van der Waals surface area (Å²) in [5.41, 5.74) is 0.494. The molecule has 0 radical (unpaired) electrons. The van der Waals surface area contributed by atoms with E-state index >= 15 is 0 Å². The van der Waals surface area contributed by atoms with Gasteiger partial charge in [-0.3, -0.25) is 4.79 Å². The molecule has 1 unspecified atom stereocenters. The SMILES string of the molecule is O=C(OCC1CCOC1=O)c1ccccc1. The van der Waals surface area contributed by atoms with E-state index in [0.29, 0.717) is 18.6 Å². The van der Waals surface area contributed by atoms with Gasteiger partial charge in [0, 0.05) is 0 Å². The first-order valence-corrected chi connectivity index (χ1v) is 5.16. The molecule has 0 aliphatic carbocycles. The summed E-state index contributed by atoms with van der Waals surface area (Å²) in [5, 5.41) is 0. The fourth-order valence-corrected chi connectivity index (χ4v) is 1.52. The molecule has 1 aromatic carbocycles. The number of carbonyl (C=O) groups excluding carboxylic acids is 2. The first-order valence-electron chi connectivity index (χ1n) is 5.16. The number of hydrogen-bond donors (Lipinski definition) is 0. The summed E-state index contributed by atoms with van der Waals surface area (Å²) in [6.07, 6.45) is 0.626. The minimum atomic E-state index is -0.403. The molecule has 0 bridgehead atoms. The summed E-state index contributed by atoms with van der Waals surface area (Å²) in [6, 6.07) is 8.70. The van der Waals surface area contributed by atoms with Crippen LogP contribution in [-0.4, -0.2) is 25.2 Å². The second kappa shape index (κ2) is 4.79. The van der Waals surface area contributed by atoms with Crippen LogP contribution >= 0.6 is 0 Å². The third-order valence-electron chi connectivity index (χ3n) is 2.47. The van der Waals surface area contributed by atoms with Crippen LogP contribution in [0.3, 0.4) is 0 Å². The Bertz CT molecular complexity index is 385. The molecule has 1 aliphatic heterocycles. The maximum Gasteiger partial charge on any atom is 0.338 e. The molecule has 0 saturated carbocycles. The van der Waals surface area contributed by atoms with Crippen LogP contribution in [0.25, 0.3) is 0 Å². The third kappa shape index (κ3) is 2.39. The lowest BCUT2D eigenvalue weighted by Gasteiger charge is -2.07. The Balaban J connectivity index is 1.87. The summed E-state index contributed by atoms with van der Waals surface area (Å²) in [4.78, 5) is 22.6. The van der Waals surface area contributed by atoms with Gasteiger partial charge in [0.25, 0.3) is 0 Å². The van der Waals surface area contributed by atoms with Gasteiger partial charge in [-0.05, 0) is 18.6 Å². The average Bonchev–Trinajstić information content (AvgIpc) is 2.73. The number of benzene rings is 1. The van der Waals surface area contributed by atoms with Gasteiger partial charge in [0.1, 0.15) is 6.61 Å². The zero-order chi connectivity index (χ0) is 11.4. The van der Waals surface area contributed by atoms with Crippen LogP contribution in [0, 0.1) is 5.92 Å². The van der Waals surface area contributed by atoms with Crippen LogP contribution in [0.4, 0.5) is 0 Å². The molecule has 0 amide bonds. The van der Waals surface area contributed by atoms with Gasteiger partial charge in [0.15, 0.2) is 0 Å². The Hall–Kier alpha value is -1.84. The van der Waals surface area contributed by atoms with E-state index in [1.165, 1.54) is 0 Å². The van der Waals surface area contributed by atoms with Crippen LogP contribution in [-0.2, 0) is 14.3 Å². The summed E-state index contributed by atoms with van der Waals surface area (Å²) in [7, 11) is 0. The van der Waals surface area contributed by atoms with Crippen molar-refractivity contribution in [2.24, 2.45) is 5.92 Å². The normalized spacial score (nSPS) is 19.2. The number of cyclic esters (lactones) is 1. The maximum atomic E-state index is 11.5. The molecule has 0 aromatic heterocycles. The summed E-state index contributed by atoms with van der Waals surface area (Å²) in [5.74, 6) is -0.978. The number of carbonyl (C=O) groups is 2. The largest absolute Gasteiger partial charge is 0.465 e. The van der Waals surface area contributed by atoms with Crippen molar-refractivity contribution in [2.75, 3.05) is 13.2 Å². The lowest BCUT2D eigenvalue weighted by Crippen LogP contribution is -2.18. The Morgan fingerprint density at radius 2 is 2.12 bits per heavy atom. The van der Waals surface area contributed by atoms with Gasteiger partial charge in [-0.15, -0.1) is 0 Å². The van der Waals surface area contributed by atoms with Crippen molar-refractivity contribution in [1.82, 2.24) is 0 Å². The molecule has 4 heteroatoms. The molecular weight excluding hydrogens is 208 g/mol. The van der Waals surface area contributed by atoms with Crippen LogP contribution in [0.15, 0.2) is 30.3 Å². The summed E-state index contributed by atoms with van der Waals surface area (Å²) in [6.45, 7) is 0.527. The van der Waals surface area contributed by atoms with E-state index in [1.807, 2.05) is 6.07 Å². The third-order valence-corrected chi connectivity index (χ3v) is 2.47. The van der Waals surface area contributed by atoms with Crippen molar-refractivity contribution in [3.8, 4) is 0 Å². The van der Waals surface area contributed by atoms with E-state index < -0.39 is 5.97 Å². The van der Waals surface area contributed by atoms with Gasteiger partial charge >= 0.3 is 11.9 Å². The van der Waals surface area contributed by atoms with Crippen LogP contribution < -0.4 is 0 Å². The Kier molecular flexibility index (Phi) is 3.19. The molecule has 2 rings (SSSR count). The lowest BCUT2D eigenvalue weighted by molar-refractivity contribution is -0.142. The molecule has 0 N–H and O–H groups in total. The zero-order valence-electron chi connectivity index (χ0n) is 8.72. The lowest BCUT2D eigenvalue weighted by atomic mass is 10.1. The molecule has 1 aromatic rings. The van der Waals surface area contributed by atoms with E-state index in [1.54, 1.807) is 24.3 Å². The summed E-state index contributed by atoms with van der Waals surface area (Å²) < 4.78 is 9.82. The van der Waals surface area contributed by atoms with Crippen LogP contribution in [0.2, 0.25) is 0 Å². The van der Waals surface area contributed by atoms with Crippen molar-refractivity contribution in [1.29, 1.82) is 0 Å². The topological polar surface area (TPSA) is 52.6 Å². The van der Waals surface area contributed by atoms with E-state index in [4.69, 9.17) is 9.47 Å². The number of ether oxygens (including phenoxy) is 2. The molecular formula is C12H12O4. The van der Waals surface area contributed by atoms with Gasteiger partial charge in [0.2, 0.25) is 0 Å². The van der Waals surface area contributed by atoms with E-state index in [2.05, 4.69) is 0 Å². The van der Waals surface area contributed by atoms with Gasteiger partial charge < -0.3 is 9.47 Å². The van der Waals surface area contributed by atoms with Crippen LogP contribution in [0.5, 0.6) is 0 Å². The minimum Gasteiger partial charge on any atom is -0.465 e. The Morgan fingerprint density at radius 3 is 2.75 bits per heavy atom. The zero-order valence-corrected chi connectivity index (χ0v) is 8.72. The van der Waals surface area contributed by atoms with Crippen molar-refractivity contribution >= 4 is 11.9 Å². The molecule has 1 fully saturated rings. The summed E-state index contributed by atoms with van der Waals surface area (Å²) >= 11 is 0. The Labute approximate surface area is 93.2 Å². The molecule has 1 heterocycles. The first kappa shape index (κ1) is 10.7. The number of hydrogen-bond acceptors (Lipinski definition) is 4. The molecule has 1 atom stereocenters. The highest BCUT2D eigenvalue weighted by Crippen LogP contribution is 2.15. The van der Waals surface area contributed by atoms with Crippen molar-refractivity contribution < 1.29 is 19.1 Å². The fourth-order valence-electron chi connectivity index (χ4n) is 1.52. The highest BCUT2D eigenvalue weighted by molar-refractivity contribution is 5.89. The van der Waals surface area contributed by atoms with Gasteiger partial charge in [-0.25, -0.2) is 4.79 Å². The second-order valence-electron chi connectivity index (χ2n) is 3.62. The molecule has 0 spiro atoms. The number of rotatable bonds is 3. The van der Waals surface area contributed by atoms with E-state index in [9.17, 15) is 9.59 Å². The van der Waals surface area contributed by atoms with Gasteiger partial charge in [0.05, 0.1) is 18.1 Å². The van der Waals surface area contributed by atoms with Crippen molar-refractivity contribution in [2.45, 2.75) is 6.42 Å². The molecule has 1 saturated heterocycles. The molecule has 1 aliphatic rings. The smallest absolute Gasteiger partial charge is 0.338 e. The molecule has 16 heavy (non-hydrogen) atoms. The standard InChI is InChI=1S/C12H12O4/c13-11(9-4-2-1-3-5-9)16-8-10-6-7-15-12(10)14/h1-5,10H,6-8H2. The molecule has 4 nitrogen and oxygen atoms in total. The quantitative estimate of drug-likeness (QED) is 0.722. The highest BCUT2D eigenvalue weighted by atomic mass is 16.6. The van der Waals surface area contributed by atoms with Gasteiger partial charge in [-0.1, -0.05) is 18.2 Å². The van der Waals surface area contributed by atoms with Crippen LogP contribution in [0.1, 0.15) is 16.8 Å². The first-order chi connectivity index (χ1) is 7.77. The predicted molar refractivity (Wildman–Crippen MR) is 55.8 cm³/mol. The van der Waals surface area contributed by atoms with Gasteiger partial charge in [-0.2, -0.15) is 0 Å². The second-order valence-corrected chi connectivity index (χ2v) is 3.62. The van der Waals surface area contributed by atoms with E-state index in [-0.39, 0.29) is 18.5 Å². The van der Waals surface area contributed by atoms with Crippen molar-refractivity contribution in [3.05, 3.63) is 35.9 Å². The highest BCUT2D eigenvalue weighted by Gasteiger charge is 2.27. The Morgan fingerprint density at radius 1 is 1.38 bits per heavy atom.